The molecule has 0 saturated heterocycles. The average molecular weight is 425 g/mol. The Bertz CT molecular complexity index is 502. The molecule has 0 spiro atoms. The van der Waals surface area contributed by atoms with Gasteiger partial charge in [-0.15, -0.1) is 0 Å². The normalized spacial score (nSPS) is 16.4. The molecule has 6 heteroatoms. The fraction of sp³-hybridized carbons (Fsp3) is 0.273. The standard InChI is InChI=1S/C11H10BrIN2OS/c12-7-2-1-6(5-8(7)13)15-10(16)11(3-4-11)9(14)17/h1-2,5H,3-4H2,(H2,14,17)(H,15,16). The maximum absolute atomic E-state index is 12.0. The van der Waals surface area contributed by atoms with Crippen LogP contribution in [0.4, 0.5) is 5.69 Å². The van der Waals surface area contributed by atoms with Crippen molar-refractivity contribution in [1.29, 1.82) is 0 Å². The van der Waals surface area contributed by atoms with Crippen LogP contribution in [0.5, 0.6) is 0 Å². The Labute approximate surface area is 127 Å². The highest BCUT2D eigenvalue weighted by atomic mass is 127. The molecule has 0 unspecified atom stereocenters. The second kappa shape index (κ2) is 4.81. The quantitative estimate of drug-likeness (QED) is 0.579. The number of hydrogen-bond donors (Lipinski definition) is 2. The van der Waals surface area contributed by atoms with E-state index in [1.54, 1.807) is 0 Å². The van der Waals surface area contributed by atoms with E-state index in [2.05, 4.69) is 43.8 Å². The summed E-state index contributed by atoms with van der Waals surface area (Å²) >= 11 is 10.5. The van der Waals surface area contributed by atoms with Crippen molar-refractivity contribution < 1.29 is 4.79 Å². The number of amides is 1. The zero-order chi connectivity index (χ0) is 12.6. The van der Waals surface area contributed by atoms with Crippen molar-refractivity contribution in [2.45, 2.75) is 12.8 Å². The Morgan fingerprint density at radius 1 is 1.53 bits per heavy atom. The third kappa shape index (κ3) is 2.63. The summed E-state index contributed by atoms with van der Waals surface area (Å²) in [5.41, 5.74) is 5.77. The van der Waals surface area contributed by atoms with Crippen molar-refractivity contribution in [3.8, 4) is 0 Å². The van der Waals surface area contributed by atoms with Crippen LogP contribution in [-0.2, 0) is 4.79 Å². The van der Waals surface area contributed by atoms with E-state index in [1.807, 2.05) is 18.2 Å². The van der Waals surface area contributed by atoms with Gasteiger partial charge in [-0.3, -0.25) is 4.79 Å². The van der Waals surface area contributed by atoms with Crippen LogP contribution < -0.4 is 11.1 Å². The van der Waals surface area contributed by atoms with E-state index >= 15 is 0 Å². The summed E-state index contributed by atoms with van der Waals surface area (Å²) in [5, 5.41) is 2.86. The lowest BCUT2D eigenvalue weighted by molar-refractivity contribution is -0.118. The van der Waals surface area contributed by atoms with Gasteiger partial charge in [0.2, 0.25) is 5.91 Å². The van der Waals surface area contributed by atoms with Crippen LogP contribution in [0.1, 0.15) is 12.8 Å². The van der Waals surface area contributed by atoms with Crippen LogP contribution in [-0.4, -0.2) is 10.9 Å². The molecule has 2 rings (SSSR count). The SMILES string of the molecule is NC(=S)C1(C(=O)Nc2ccc(Br)c(I)c2)CC1. The number of halogens is 2. The third-order valence-electron chi connectivity index (χ3n) is 2.83. The molecule has 17 heavy (non-hydrogen) atoms. The van der Waals surface area contributed by atoms with E-state index in [1.165, 1.54) is 0 Å². The largest absolute Gasteiger partial charge is 0.392 e. The van der Waals surface area contributed by atoms with Gasteiger partial charge in [-0.2, -0.15) is 0 Å². The summed E-state index contributed by atoms with van der Waals surface area (Å²) in [4.78, 5) is 12.3. The molecule has 1 aromatic rings. The molecular formula is C11H10BrIN2OS. The van der Waals surface area contributed by atoms with Crippen LogP contribution in [0.2, 0.25) is 0 Å². The number of carbonyl (C=O) groups is 1. The predicted octanol–water partition coefficient (Wildman–Crippen LogP) is 3.06. The first-order valence-electron chi connectivity index (χ1n) is 5.02. The highest BCUT2D eigenvalue weighted by Crippen LogP contribution is 2.46. The minimum atomic E-state index is -0.603. The smallest absolute Gasteiger partial charge is 0.237 e. The monoisotopic (exact) mass is 424 g/mol. The predicted molar refractivity (Wildman–Crippen MR) is 83.9 cm³/mol. The summed E-state index contributed by atoms with van der Waals surface area (Å²) in [6, 6.07) is 5.65. The van der Waals surface area contributed by atoms with E-state index in [4.69, 9.17) is 18.0 Å². The maximum Gasteiger partial charge on any atom is 0.237 e. The zero-order valence-corrected chi connectivity index (χ0v) is 13.4. The molecule has 0 bridgehead atoms. The van der Waals surface area contributed by atoms with Crippen molar-refractivity contribution in [1.82, 2.24) is 0 Å². The molecule has 1 amide bonds. The first-order valence-corrected chi connectivity index (χ1v) is 7.30. The van der Waals surface area contributed by atoms with E-state index < -0.39 is 5.41 Å². The van der Waals surface area contributed by atoms with Gasteiger partial charge in [-0.05, 0) is 69.6 Å². The van der Waals surface area contributed by atoms with Crippen molar-refractivity contribution >= 4 is 67.3 Å². The Kier molecular flexibility index (Phi) is 3.74. The zero-order valence-electron chi connectivity index (χ0n) is 8.80. The van der Waals surface area contributed by atoms with Crippen molar-refractivity contribution in [2.24, 2.45) is 11.1 Å². The summed E-state index contributed by atoms with van der Waals surface area (Å²) < 4.78 is 2.05. The average Bonchev–Trinajstić information content (AvgIpc) is 3.04. The lowest BCUT2D eigenvalue weighted by atomic mass is 10.1. The van der Waals surface area contributed by atoms with Gasteiger partial charge in [0.15, 0.2) is 0 Å². The van der Waals surface area contributed by atoms with Crippen LogP contribution in [0, 0.1) is 8.99 Å². The number of thiocarbonyl (C=S) groups is 1. The first kappa shape index (κ1) is 13.2. The Hall–Kier alpha value is -0.210. The van der Waals surface area contributed by atoms with Crippen molar-refractivity contribution in [2.75, 3.05) is 5.32 Å². The lowest BCUT2D eigenvalue weighted by Crippen LogP contribution is -2.35. The fourth-order valence-corrected chi connectivity index (χ4v) is 2.59. The fourth-order valence-electron chi connectivity index (χ4n) is 1.53. The molecule has 0 aliphatic heterocycles. The Balaban J connectivity index is 2.14. The minimum absolute atomic E-state index is 0.0943. The number of benzene rings is 1. The molecule has 1 fully saturated rings. The second-order valence-electron chi connectivity index (χ2n) is 4.03. The third-order valence-corrected chi connectivity index (χ3v) is 5.55. The number of nitrogens with one attached hydrogen (secondary N) is 1. The lowest BCUT2D eigenvalue weighted by Gasteiger charge is -2.13. The second-order valence-corrected chi connectivity index (χ2v) is 6.49. The summed E-state index contributed by atoms with van der Waals surface area (Å²) in [7, 11) is 0. The van der Waals surface area contributed by atoms with Crippen LogP contribution in [0.25, 0.3) is 0 Å². The number of anilines is 1. The van der Waals surface area contributed by atoms with Gasteiger partial charge in [0, 0.05) is 13.7 Å². The van der Waals surface area contributed by atoms with Crippen LogP contribution >= 0.6 is 50.7 Å². The molecule has 0 radical (unpaired) electrons. The molecule has 3 nitrogen and oxygen atoms in total. The highest BCUT2D eigenvalue weighted by Gasteiger charge is 2.52. The highest BCUT2D eigenvalue weighted by molar-refractivity contribution is 14.1. The molecule has 0 heterocycles. The summed E-state index contributed by atoms with van der Waals surface area (Å²) in [6.07, 6.45) is 1.50. The van der Waals surface area contributed by atoms with Gasteiger partial charge < -0.3 is 11.1 Å². The topological polar surface area (TPSA) is 55.1 Å². The number of rotatable bonds is 3. The molecular weight excluding hydrogens is 415 g/mol. The molecule has 1 aliphatic carbocycles. The van der Waals surface area contributed by atoms with Crippen molar-refractivity contribution in [3.05, 3.63) is 26.2 Å². The van der Waals surface area contributed by atoms with Crippen LogP contribution in [0.15, 0.2) is 22.7 Å². The van der Waals surface area contributed by atoms with E-state index in [0.717, 1.165) is 26.6 Å². The number of hydrogen-bond acceptors (Lipinski definition) is 2. The minimum Gasteiger partial charge on any atom is -0.392 e. The first-order chi connectivity index (χ1) is 7.95. The Morgan fingerprint density at radius 3 is 2.65 bits per heavy atom. The van der Waals surface area contributed by atoms with Gasteiger partial charge in [-0.25, -0.2) is 0 Å². The summed E-state index contributed by atoms with van der Waals surface area (Å²) in [5.74, 6) is -0.0943. The molecule has 1 saturated carbocycles. The van der Waals surface area contributed by atoms with Gasteiger partial charge in [-0.1, -0.05) is 12.2 Å². The molecule has 0 atom stereocenters. The van der Waals surface area contributed by atoms with E-state index in [-0.39, 0.29) is 5.91 Å². The molecule has 1 aromatic carbocycles. The number of nitrogens with two attached hydrogens (primary N) is 1. The molecule has 0 aromatic heterocycles. The molecule has 90 valence electrons. The molecule has 3 N–H and O–H groups in total. The van der Waals surface area contributed by atoms with E-state index in [0.29, 0.717) is 4.99 Å². The van der Waals surface area contributed by atoms with Gasteiger partial charge in [0.05, 0.1) is 10.4 Å². The van der Waals surface area contributed by atoms with Gasteiger partial charge in [0.1, 0.15) is 0 Å². The molecule has 1 aliphatic rings. The maximum atomic E-state index is 12.0. The van der Waals surface area contributed by atoms with Crippen molar-refractivity contribution in [3.63, 3.8) is 0 Å². The van der Waals surface area contributed by atoms with E-state index in [9.17, 15) is 4.79 Å². The van der Waals surface area contributed by atoms with Crippen LogP contribution in [0.3, 0.4) is 0 Å². The van der Waals surface area contributed by atoms with Gasteiger partial charge >= 0.3 is 0 Å². The number of carbonyl (C=O) groups excluding carboxylic acids is 1. The Morgan fingerprint density at radius 2 is 2.18 bits per heavy atom. The summed E-state index contributed by atoms with van der Waals surface area (Å²) in [6.45, 7) is 0. The van der Waals surface area contributed by atoms with Gasteiger partial charge in [0.25, 0.3) is 0 Å².